The molecule has 0 bridgehead atoms. The number of hydrogen-bond donors (Lipinski definition) is 2. The van der Waals surface area contributed by atoms with Gasteiger partial charge in [0.05, 0.1) is 18.1 Å². The average Bonchev–Trinajstić information content (AvgIpc) is 3.26. The lowest BCUT2D eigenvalue weighted by atomic mass is 10.1. The summed E-state index contributed by atoms with van der Waals surface area (Å²) < 4.78 is 5.21. The van der Waals surface area contributed by atoms with Crippen LogP contribution in [0.2, 0.25) is 0 Å². The number of methoxy groups -OCH3 is 1. The lowest BCUT2D eigenvalue weighted by Crippen LogP contribution is -2.28. The third-order valence-electron chi connectivity index (χ3n) is 4.88. The van der Waals surface area contributed by atoms with Gasteiger partial charge in [-0.25, -0.2) is 4.98 Å². The zero-order valence-electron chi connectivity index (χ0n) is 14.5. The van der Waals surface area contributed by atoms with Crippen molar-refractivity contribution in [1.82, 2.24) is 14.9 Å². The molecule has 0 aliphatic carbocycles. The predicted octanol–water partition coefficient (Wildman–Crippen LogP) is 3.30. The second-order valence-electron chi connectivity index (χ2n) is 6.63. The van der Waals surface area contributed by atoms with Crippen LogP contribution in [0, 0.1) is 0 Å². The molecule has 0 spiro atoms. The average molecular weight is 336 g/mol. The number of rotatable bonds is 6. The molecular formula is C20H24N4O. The Morgan fingerprint density at radius 3 is 2.84 bits per heavy atom. The second kappa shape index (κ2) is 7.15. The van der Waals surface area contributed by atoms with Gasteiger partial charge in [-0.1, -0.05) is 24.3 Å². The molecule has 0 saturated carbocycles. The molecule has 5 nitrogen and oxygen atoms in total. The highest BCUT2D eigenvalue weighted by molar-refractivity contribution is 5.77. The van der Waals surface area contributed by atoms with E-state index in [0.29, 0.717) is 6.04 Å². The Hall–Kier alpha value is -2.53. The van der Waals surface area contributed by atoms with Crippen LogP contribution in [0.5, 0.6) is 5.75 Å². The molecule has 2 aromatic carbocycles. The van der Waals surface area contributed by atoms with E-state index in [1.54, 1.807) is 7.11 Å². The van der Waals surface area contributed by atoms with Gasteiger partial charge in [-0.05, 0) is 42.7 Å². The van der Waals surface area contributed by atoms with E-state index in [2.05, 4.69) is 38.4 Å². The first-order chi connectivity index (χ1) is 12.3. The van der Waals surface area contributed by atoms with E-state index in [9.17, 15) is 0 Å². The van der Waals surface area contributed by atoms with E-state index < -0.39 is 0 Å². The molecule has 0 amide bonds. The van der Waals surface area contributed by atoms with Gasteiger partial charge in [-0.3, -0.25) is 0 Å². The number of likely N-dealkylation sites (tertiary alicyclic amines) is 1. The van der Waals surface area contributed by atoms with Gasteiger partial charge in [0, 0.05) is 25.7 Å². The summed E-state index contributed by atoms with van der Waals surface area (Å²) in [5.41, 5.74) is 3.45. The first-order valence-electron chi connectivity index (χ1n) is 8.87. The minimum absolute atomic E-state index is 0.455. The minimum Gasteiger partial charge on any atom is -0.497 e. The van der Waals surface area contributed by atoms with Crippen molar-refractivity contribution in [1.29, 1.82) is 0 Å². The van der Waals surface area contributed by atoms with Gasteiger partial charge in [0.1, 0.15) is 5.75 Å². The molecule has 1 aromatic heterocycles. The van der Waals surface area contributed by atoms with Gasteiger partial charge in [0.2, 0.25) is 5.95 Å². The van der Waals surface area contributed by atoms with Crippen LogP contribution in [0.3, 0.4) is 0 Å². The molecule has 25 heavy (non-hydrogen) atoms. The van der Waals surface area contributed by atoms with Crippen molar-refractivity contribution in [3.05, 3.63) is 54.1 Å². The summed E-state index contributed by atoms with van der Waals surface area (Å²) in [7, 11) is 1.70. The Balaban J connectivity index is 1.28. The van der Waals surface area contributed by atoms with Crippen molar-refractivity contribution < 1.29 is 4.74 Å². The summed E-state index contributed by atoms with van der Waals surface area (Å²) in [5, 5.41) is 3.55. The number of fused-ring (bicyclic) bond motifs is 1. The number of aromatic nitrogens is 2. The number of aromatic amines is 1. The number of imidazole rings is 1. The molecule has 1 aliphatic heterocycles. The number of ether oxygens (including phenoxy) is 1. The molecule has 1 aliphatic rings. The van der Waals surface area contributed by atoms with Crippen LogP contribution in [0.4, 0.5) is 5.95 Å². The molecule has 5 heteroatoms. The molecule has 0 radical (unpaired) electrons. The van der Waals surface area contributed by atoms with Crippen molar-refractivity contribution in [2.24, 2.45) is 0 Å². The maximum atomic E-state index is 5.21. The van der Waals surface area contributed by atoms with E-state index >= 15 is 0 Å². The highest BCUT2D eigenvalue weighted by Gasteiger charge is 2.22. The number of para-hydroxylation sites is 2. The summed E-state index contributed by atoms with van der Waals surface area (Å²) in [4.78, 5) is 10.5. The maximum Gasteiger partial charge on any atom is 0.201 e. The van der Waals surface area contributed by atoms with Crippen molar-refractivity contribution >= 4 is 17.0 Å². The number of nitrogens with one attached hydrogen (secondary N) is 2. The number of anilines is 1. The summed E-state index contributed by atoms with van der Waals surface area (Å²) in [5.74, 6) is 1.79. The fourth-order valence-corrected chi connectivity index (χ4v) is 3.45. The monoisotopic (exact) mass is 336 g/mol. The minimum atomic E-state index is 0.455. The number of benzene rings is 2. The summed E-state index contributed by atoms with van der Waals surface area (Å²) in [6.07, 6.45) is 2.22. The van der Waals surface area contributed by atoms with Crippen LogP contribution in [0.15, 0.2) is 48.5 Å². The fraction of sp³-hybridized carbons (Fsp3) is 0.350. The van der Waals surface area contributed by atoms with Crippen molar-refractivity contribution in [2.75, 3.05) is 32.1 Å². The smallest absolute Gasteiger partial charge is 0.201 e. The van der Waals surface area contributed by atoms with Crippen molar-refractivity contribution in [2.45, 2.75) is 18.9 Å². The highest BCUT2D eigenvalue weighted by Crippen LogP contribution is 2.18. The van der Waals surface area contributed by atoms with Crippen LogP contribution in [0.25, 0.3) is 11.0 Å². The molecule has 4 rings (SSSR count). The normalized spacial score (nSPS) is 17.9. The summed E-state index contributed by atoms with van der Waals surface area (Å²) in [6.45, 7) is 3.28. The summed E-state index contributed by atoms with van der Waals surface area (Å²) in [6, 6.07) is 17.0. The molecule has 1 atom stereocenters. The van der Waals surface area contributed by atoms with E-state index in [1.165, 1.54) is 5.56 Å². The van der Waals surface area contributed by atoms with Crippen LogP contribution in [-0.2, 0) is 6.42 Å². The van der Waals surface area contributed by atoms with Gasteiger partial charge in [-0.15, -0.1) is 0 Å². The largest absolute Gasteiger partial charge is 0.497 e. The predicted molar refractivity (Wildman–Crippen MR) is 101 cm³/mol. The second-order valence-corrected chi connectivity index (χ2v) is 6.63. The Bertz CT molecular complexity index is 794. The van der Waals surface area contributed by atoms with Crippen LogP contribution >= 0.6 is 0 Å². The Morgan fingerprint density at radius 1 is 1.20 bits per heavy atom. The van der Waals surface area contributed by atoms with E-state index in [4.69, 9.17) is 4.74 Å². The fourth-order valence-electron chi connectivity index (χ4n) is 3.45. The Labute approximate surface area is 148 Å². The number of H-pyrrole nitrogens is 1. The number of hydrogen-bond acceptors (Lipinski definition) is 4. The molecule has 130 valence electrons. The van der Waals surface area contributed by atoms with Gasteiger partial charge < -0.3 is 19.9 Å². The van der Waals surface area contributed by atoms with E-state index in [0.717, 1.165) is 55.2 Å². The Morgan fingerprint density at radius 2 is 2.04 bits per heavy atom. The quantitative estimate of drug-likeness (QED) is 0.725. The van der Waals surface area contributed by atoms with Crippen LogP contribution < -0.4 is 10.1 Å². The van der Waals surface area contributed by atoms with Gasteiger partial charge >= 0.3 is 0 Å². The SMILES string of the molecule is COc1ccc(CCN2CCC(Nc3nc4ccccc4[nH]3)C2)cc1. The zero-order valence-corrected chi connectivity index (χ0v) is 14.5. The standard InChI is InChI=1S/C20H24N4O/c1-25-17-8-6-15(7-9-17)10-12-24-13-11-16(14-24)21-20-22-18-4-2-3-5-19(18)23-20/h2-9,16H,10-14H2,1H3,(H2,21,22,23). The lowest BCUT2D eigenvalue weighted by Gasteiger charge is -2.16. The molecule has 3 aromatic rings. The topological polar surface area (TPSA) is 53.2 Å². The van der Waals surface area contributed by atoms with Crippen molar-refractivity contribution in [3.8, 4) is 5.75 Å². The molecular weight excluding hydrogens is 312 g/mol. The van der Waals surface area contributed by atoms with Gasteiger partial charge in [0.25, 0.3) is 0 Å². The lowest BCUT2D eigenvalue weighted by molar-refractivity contribution is 0.340. The molecule has 2 heterocycles. The Kier molecular flexibility index (Phi) is 4.57. The third kappa shape index (κ3) is 3.77. The van der Waals surface area contributed by atoms with Gasteiger partial charge in [-0.2, -0.15) is 0 Å². The van der Waals surface area contributed by atoms with E-state index in [1.807, 2.05) is 30.3 Å². The van der Waals surface area contributed by atoms with E-state index in [-0.39, 0.29) is 0 Å². The first kappa shape index (κ1) is 16.0. The molecule has 1 fully saturated rings. The van der Waals surface area contributed by atoms with Gasteiger partial charge in [0.15, 0.2) is 0 Å². The maximum absolute atomic E-state index is 5.21. The van der Waals surface area contributed by atoms with Crippen molar-refractivity contribution in [3.63, 3.8) is 0 Å². The summed E-state index contributed by atoms with van der Waals surface area (Å²) >= 11 is 0. The zero-order chi connectivity index (χ0) is 17.1. The number of nitrogens with zero attached hydrogens (tertiary/aromatic N) is 2. The van der Waals surface area contributed by atoms with Crippen LogP contribution in [0.1, 0.15) is 12.0 Å². The third-order valence-corrected chi connectivity index (χ3v) is 4.88. The van der Waals surface area contributed by atoms with Crippen LogP contribution in [-0.4, -0.2) is 47.7 Å². The molecule has 2 N–H and O–H groups in total. The molecule has 1 saturated heterocycles. The molecule has 1 unspecified atom stereocenters. The first-order valence-corrected chi connectivity index (χ1v) is 8.87. The highest BCUT2D eigenvalue weighted by atomic mass is 16.5.